The van der Waals surface area contributed by atoms with E-state index in [1.165, 1.54) is 0 Å². The van der Waals surface area contributed by atoms with Gasteiger partial charge in [0.25, 0.3) is 0 Å². The predicted octanol–water partition coefficient (Wildman–Crippen LogP) is 3.48. The van der Waals surface area contributed by atoms with Crippen LogP contribution in [0.25, 0.3) is 0 Å². The largest absolute Gasteiger partial charge is 0.493 e. The molecule has 2 unspecified atom stereocenters. The van der Waals surface area contributed by atoms with Gasteiger partial charge >= 0.3 is 5.97 Å². The van der Waals surface area contributed by atoms with Crippen molar-refractivity contribution in [2.24, 2.45) is 16.9 Å². The van der Waals surface area contributed by atoms with E-state index in [2.05, 4.69) is 12.2 Å². The molecule has 0 spiro atoms. The number of methoxy groups -OCH3 is 2. The molecular weight excluding hydrogens is 372 g/mol. The number of aliphatic carboxylic acids is 1. The molecule has 1 amide bonds. The Morgan fingerprint density at radius 2 is 1.83 bits per heavy atom. The van der Waals surface area contributed by atoms with Gasteiger partial charge in [0.05, 0.1) is 25.8 Å². The first kappa shape index (κ1) is 20.9. The SMILES string of the molecule is COc1ccc(C2=NN(CCCCCC(=O)O)C(=O)C3CC=CCC23)cc1OC. The molecule has 0 bridgehead atoms. The number of rotatable bonds is 9. The Morgan fingerprint density at radius 1 is 1.10 bits per heavy atom. The highest BCUT2D eigenvalue weighted by Crippen LogP contribution is 2.37. The van der Waals surface area contributed by atoms with Gasteiger partial charge in [-0.25, -0.2) is 5.01 Å². The van der Waals surface area contributed by atoms with Crippen molar-refractivity contribution in [3.63, 3.8) is 0 Å². The topological polar surface area (TPSA) is 88.4 Å². The van der Waals surface area contributed by atoms with Crippen LogP contribution in [0, 0.1) is 11.8 Å². The van der Waals surface area contributed by atoms with E-state index >= 15 is 0 Å². The molecular formula is C22H28N2O5. The summed E-state index contributed by atoms with van der Waals surface area (Å²) in [4.78, 5) is 23.6. The van der Waals surface area contributed by atoms with Crippen molar-refractivity contribution in [3.8, 4) is 11.5 Å². The third-order valence-corrected chi connectivity index (χ3v) is 5.52. The van der Waals surface area contributed by atoms with E-state index in [4.69, 9.17) is 19.7 Å². The Kier molecular flexibility index (Phi) is 6.90. The minimum Gasteiger partial charge on any atom is -0.493 e. The predicted molar refractivity (Wildman–Crippen MR) is 109 cm³/mol. The number of carboxylic acids is 1. The van der Waals surface area contributed by atoms with Crippen LogP contribution in [-0.4, -0.2) is 48.5 Å². The maximum atomic E-state index is 13.0. The standard InChI is InChI=1S/C22H28N2O5/c1-28-18-12-11-15(14-19(18)29-2)21-16-8-5-6-9-17(16)22(27)24(23-21)13-7-3-4-10-20(25)26/h5-6,11-12,14,16-17H,3-4,7-10,13H2,1-2H3,(H,25,26). The van der Waals surface area contributed by atoms with Crippen LogP contribution in [0.15, 0.2) is 35.5 Å². The molecule has 1 aromatic carbocycles. The number of carbonyl (C=O) groups excluding carboxylic acids is 1. The summed E-state index contributed by atoms with van der Waals surface area (Å²) in [6, 6.07) is 5.72. The molecule has 29 heavy (non-hydrogen) atoms. The molecule has 2 atom stereocenters. The number of nitrogens with zero attached hydrogens (tertiary/aromatic N) is 2. The molecule has 0 saturated heterocycles. The molecule has 1 aliphatic carbocycles. The van der Waals surface area contributed by atoms with E-state index in [-0.39, 0.29) is 24.2 Å². The number of hydrogen-bond acceptors (Lipinski definition) is 5. The molecule has 2 aliphatic rings. The number of ether oxygens (including phenoxy) is 2. The number of hydrogen-bond donors (Lipinski definition) is 1. The lowest BCUT2D eigenvalue weighted by Gasteiger charge is -2.37. The van der Waals surface area contributed by atoms with E-state index in [9.17, 15) is 9.59 Å². The Hall–Kier alpha value is -2.83. The number of carbonyl (C=O) groups is 2. The molecule has 0 saturated carbocycles. The minimum absolute atomic E-state index is 0.0499. The summed E-state index contributed by atoms with van der Waals surface area (Å²) < 4.78 is 10.8. The highest BCUT2D eigenvalue weighted by Gasteiger charge is 2.39. The number of allylic oxidation sites excluding steroid dienone is 2. The fourth-order valence-electron chi connectivity index (χ4n) is 3.98. The Bertz CT molecular complexity index is 817. The van der Waals surface area contributed by atoms with Crippen molar-refractivity contribution in [1.29, 1.82) is 0 Å². The van der Waals surface area contributed by atoms with Crippen LogP contribution in [0.4, 0.5) is 0 Å². The first-order chi connectivity index (χ1) is 14.0. The van der Waals surface area contributed by atoms with Crippen molar-refractivity contribution in [2.75, 3.05) is 20.8 Å². The first-order valence-electron chi connectivity index (χ1n) is 10.0. The lowest BCUT2D eigenvalue weighted by Crippen LogP contribution is -2.45. The number of carboxylic acid groups (broad SMARTS) is 1. The number of hydrazone groups is 1. The molecule has 0 fully saturated rings. The van der Waals surface area contributed by atoms with Gasteiger partial charge in [-0.1, -0.05) is 18.6 Å². The zero-order chi connectivity index (χ0) is 20.8. The maximum absolute atomic E-state index is 13.0. The molecule has 0 aromatic heterocycles. The van der Waals surface area contributed by atoms with E-state index in [0.29, 0.717) is 30.9 Å². The lowest BCUT2D eigenvalue weighted by atomic mass is 9.76. The quantitative estimate of drug-likeness (QED) is 0.506. The molecule has 3 rings (SSSR count). The Balaban J connectivity index is 1.83. The van der Waals surface area contributed by atoms with Gasteiger partial charge in [-0.15, -0.1) is 0 Å². The average molecular weight is 400 g/mol. The Morgan fingerprint density at radius 3 is 2.52 bits per heavy atom. The van der Waals surface area contributed by atoms with Crippen LogP contribution in [0.1, 0.15) is 44.1 Å². The zero-order valence-electron chi connectivity index (χ0n) is 17.0. The summed E-state index contributed by atoms with van der Waals surface area (Å²) in [5.41, 5.74) is 1.82. The van der Waals surface area contributed by atoms with E-state index < -0.39 is 5.97 Å². The van der Waals surface area contributed by atoms with Crippen molar-refractivity contribution in [2.45, 2.75) is 38.5 Å². The smallest absolute Gasteiger partial charge is 0.303 e. The number of benzene rings is 1. The fraction of sp³-hybridized carbons (Fsp3) is 0.500. The van der Waals surface area contributed by atoms with Gasteiger partial charge in [-0.2, -0.15) is 5.10 Å². The number of fused-ring (bicyclic) bond motifs is 1. The van der Waals surface area contributed by atoms with Crippen molar-refractivity contribution in [3.05, 3.63) is 35.9 Å². The molecule has 7 nitrogen and oxygen atoms in total. The third-order valence-electron chi connectivity index (χ3n) is 5.52. The van der Waals surface area contributed by atoms with Crippen LogP contribution in [0.3, 0.4) is 0 Å². The van der Waals surface area contributed by atoms with Crippen molar-refractivity contribution in [1.82, 2.24) is 5.01 Å². The van der Waals surface area contributed by atoms with Gasteiger partial charge in [0.15, 0.2) is 11.5 Å². The average Bonchev–Trinajstić information content (AvgIpc) is 2.74. The van der Waals surface area contributed by atoms with Crippen molar-refractivity contribution < 1.29 is 24.2 Å². The summed E-state index contributed by atoms with van der Waals surface area (Å²) in [6.07, 6.45) is 7.94. The summed E-state index contributed by atoms with van der Waals surface area (Å²) >= 11 is 0. The number of unbranched alkanes of at least 4 members (excludes halogenated alkanes) is 2. The van der Waals surface area contributed by atoms with Crippen LogP contribution in [0.5, 0.6) is 11.5 Å². The fourth-order valence-corrected chi connectivity index (χ4v) is 3.98. The van der Waals surface area contributed by atoms with Crippen LogP contribution < -0.4 is 9.47 Å². The molecule has 1 N–H and O–H groups in total. The van der Waals surface area contributed by atoms with E-state index in [0.717, 1.165) is 30.5 Å². The normalized spacial score (nSPS) is 20.8. The second kappa shape index (κ2) is 9.58. The summed E-state index contributed by atoms with van der Waals surface area (Å²) in [5.74, 6) is 0.492. The van der Waals surface area contributed by atoms with E-state index in [1.807, 2.05) is 18.2 Å². The van der Waals surface area contributed by atoms with Crippen LogP contribution in [0.2, 0.25) is 0 Å². The summed E-state index contributed by atoms with van der Waals surface area (Å²) in [7, 11) is 3.20. The highest BCUT2D eigenvalue weighted by atomic mass is 16.5. The van der Waals surface area contributed by atoms with E-state index in [1.54, 1.807) is 19.2 Å². The van der Waals surface area contributed by atoms with Gasteiger partial charge < -0.3 is 14.6 Å². The second-order valence-electron chi connectivity index (χ2n) is 7.38. The molecule has 1 heterocycles. The molecule has 0 radical (unpaired) electrons. The van der Waals surface area contributed by atoms with Gasteiger partial charge in [-0.3, -0.25) is 9.59 Å². The Labute approximate surface area is 171 Å². The van der Waals surface area contributed by atoms with Crippen LogP contribution in [-0.2, 0) is 9.59 Å². The van der Waals surface area contributed by atoms with Gasteiger partial charge in [0.1, 0.15) is 0 Å². The number of amides is 1. The van der Waals surface area contributed by atoms with Crippen molar-refractivity contribution >= 4 is 17.6 Å². The van der Waals surface area contributed by atoms with Gasteiger partial charge in [0.2, 0.25) is 5.91 Å². The summed E-state index contributed by atoms with van der Waals surface area (Å²) in [6.45, 7) is 0.502. The zero-order valence-corrected chi connectivity index (χ0v) is 17.0. The second-order valence-corrected chi connectivity index (χ2v) is 7.38. The maximum Gasteiger partial charge on any atom is 0.303 e. The molecule has 156 valence electrons. The van der Waals surface area contributed by atoms with Crippen LogP contribution >= 0.6 is 0 Å². The van der Waals surface area contributed by atoms with Gasteiger partial charge in [-0.05, 0) is 43.9 Å². The molecule has 1 aromatic rings. The minimum atomic E-state index is -0.787. The third kappa shape index (κ3) is 4.78. The van der Waals surface area contributed by atoms with Gasteiger partial charge in [0, 0.05) is 24.4 Å². The highest BCUT2D eigenvalue weighted by molar-refractivity contribution is 6.07. The molecule has 7 heteroatoms. The summed E-state index contributed by atoms with van der Waals surface area (Å²) in [5, 5.41) is 15.1. The lowest BCUT2D eigenvalue weighted by molar-refractivity contribution is -0.138. The first-order valence-corrected chi connectivity index (χ1v) is 10.0. The monoisotopic (exact) mass is 400 g/mol. The molecule has 1 aliphatic heterocycles.